The van der Waals surface area contributed by atoms with Crippen molar-refractivity contribution in [3.8, 4) is 17.1 Å². The second-order valence-electron chi connectivity index (χ2n) is 8.29. The largest absolute Gasteiger partial charge is 0.487 e. The van der Waals surface area contributed by atoms with Gasteiger partial charge in [0.15, 0.2) is 5.82 Å². The van der Waals surface area contributed by atoms with Gasteiger partial charge in [-0.3, -0.25) is 4.98 Å². The van der Waals surface area contributed by atoms with Crippen LogP contribution in [0.25, 0.3) is 11.4 Å². The molecule has 2 aromatic carbocycles. The molecule has 2 aromatic heterocycles. The van der Waals surface area contributed by atoms with Crippen LogP contribution in [0.4, 0.5) is 8.78 Å². The molecule has 0 N–H and O–H groups in total. The minimum absolute atomic E-state index is 0.0391. The molecule has 170 valence electrons. The number of halogens is 2. The lowest BCUT2D eigenvalue weighted by atomic mass is 9.68. The fourth-order valence-corrected chi connectivity index (χ4v) is 3.85. The van der Waals surface area contributed by atoms with Crippen LogP contribution in [0.1, 0.15) is 44.1 Å². The third-order valence-electron chi connectivity index (χ3n) is 6.14. The molecular weight excluding hydrogens is 424 g/mol. The van der Waals surface area contributed by atoms with E-state index in [4.69, 9.17) is 4.74 Å². The maximum atomic E-state index is 13.1. The van der Waals surface area contributed by atoms with Crippen LogP contribution in [0.15, 0.2) is 72.9 Å². The predicted molar refractivity (Wildman–Crippen MR) is 121 cm³/mol. The van der Waals surface area contributed by atoms with Crippen molar-refractivity contribution < 1.29 is 13.5 Å². The molecule has 33 heavy (non-hydrogen) atoms. The molecule has 0 saturated heterocycles. The van der Waals surface area contributed by atoms with Gasteiger partial charge >= 0.3 is 6.55 Å². The lowest BCUT2D eigenvalue weighted by molar-refractivity contribution is 0.0564. The van der Waals surface area contributed by atoms with E-state index >= 15 is 0 Å². The number of hydrogen-bond donors (Lipinski definition) is 0. The van der Waals surface area contributed by atoms with Crippen molar-refractivity contribution in [3.63, 3.8) is 0 Å². The summed E-state index contributed by atoms with van der Waals surface area (Å²) in [4.78, 5) is 4.27. The van der Waals surface area contributed by atoms with Crippen LogP contribution in [0.3, 0.4) is 0 Å². The number of tetrazole rings is 1. The first-order valence-electron chi connectivity index (χ1n) is 10.7. The van der Waals surface area contributed by atoms with Gasteiger partial charge in [0.2, 0.25) is 0 Å². The lowest BCUT2D eigenvalue weighted by Crippen LogP contribution is -2.30. The summed E-state index contributed by atoms with van der Waals surface area (Å²) in [6.07, 6.45) is 1.75. The number of nitrogens with zero attached hydrogens (tertiary/aromatic N) is 5. The van der Waals surface area contributed by atoms with E-state index in [1.54, 1.807) is 18.3 Å². The molecule has 0 spiro atoms. The summed E-state index contributed by atoms with van der Waals surface area (Å²) in [5.41, 5.74) is 3.31. The Morgan fingerprint density at radius 3 is 2.18 bits per heavy atom. The van der Waals surface area contributed by atoms with Crippen LogP contribution >= 0.6 is 0 Å². The minimum atomic E-state index is -2.80. The highest BCUT2D eigenvalue weighted by Gasteiger charge is 2.32. The van der Waals surface area contributed by atoms with Gasteiger partial charge in [-0.15, -0.1) is 5.10 Å². The standard InChI is InChI=1S/C25H25F2N5O/c1-17(2)25(3,19-9-7-18(8-10-19)23-29-30-31-32(23)24(26)27)20-11-13-22(14-12-20)33-16-21-6-4-5-15-28-21/h4-15,17,24H,16H2,1-3H3. The van der Waals surface area contributed by atoms with Gasteiger partial charge < -0.3 is 4.74 Å². The molecule has 0 saturated carbocycles. The van der Waals surface area contributed by atoms with Gasteiger partial charge in [-0.1, -0.05) is 63.2 Å². The van der Waals surface area contributed by atoms with Crippen LogP contribution in [0, 0.1) is 5.92 Å². The van der Waals surface area contributed by atoms with Crippen molar-refractivity contribution in [2.24, 2.45) is 5.92 Å². The van der Waals surface area contributed by atoms with Gasteiger partial charge in [0, 0.05) is 17.2 Å². The molecule has 0 amide bonds. The summed E-state index contributed by atoms with van der Waals surface area (Å²) in [6.45, 7) is 4.11. The molecule has 1 unspecified atom stereocenters. The van der Waals surface area contributed by atoms with E-state index < -0.39 is 6.55 Å². The van der Waals surface area contributed by atoms with Crippen molar-refractivity contribution in [2.45, 2.75) is 39.3 Å². The average molecular weight is 450 g/mol. The third kappa shape index (κ3) is 4.60. The highest BCUT2D eigenvalue weighted by Crippen LogP contribution is 2.40. The second kappa shape index (κ2) is 9.44. The first-order valence-corrected chi connectivity index (χ1v) is 10.7. The Labute approximate surface area is 191 Å². The number of rotatable bonds is 8. The van der Waals surface area contributed by atoms with Gasteiger partial charge in [-0.2, -0.15) is 13.5 Å². The van der Waals surface area contributed by atoms with Gasteiger partial charge in [0.1, 0.15) is 12.4 Å². The second-order valence-corrected chi connectivity index (χ2v) is 8.29. The number of aromatic nitrogens is 5. The van der Waals surface area contributed by atoms with Crippen molar-refractivity contribution in [1.82, 2.24) is 25.2 Å². The fourth-order valence-electron chi connectivity index (χ4n) is 3.85. The van der Waals surface area contributed by atoms with E-state index in [1.807, 2.05) is 42.5 Å². The van der Waals surface area contributed by atoms with E-state index in [0.29, 0.717) is 16.9 Å². The number of hydrogen-bond acceptors (Lipinski definition) is 5. The average Bonchev–Trinajstić information content (AvgIpc) is 3.34. The van der Waals surface area contributed by atoms with Crippen LogP contribution in [0.5, 0.6) is 5.75 Å². The molecule has 1 atom stereocenters. The van der Waals surface area contributed by atoms with Crippen LogP contribution in [-0.4, -0.2) is 25.2 Å². The van der Waals surface area contributed by atoms with E-state index in [-0.39, 0.29) is 17.2 Å². The first kappa shape index (κ1) is 22.5. The molecule has 0 bridgehead atoms. The Balaban J connectivity index is 1.57. The Morgan fingerprint density at radius 2 is 1.61 bits per heavy atom. The van der Waals surface area contributed by atoms with Crippen LogP contribution in [0.2, 0.25) is 0 Å². The molecule has 2 heterocycles. The molecule has 0 aliphatic rings. The molecule has 0 radical (unpaired) electrons. The molecule has 0 aliphatic carbocycles. The maximum Gasteiger partial charge on any atom is 0.336 e. The quantitative estimate of drug-likeness (QED) is 0.347. The Morgan fingerprint density at radius 1 is 0.939 bits per heavy atom. The molecule has 4 aromatic rings. The summed E-state index contributed by atoms with van der Waals surface area (Å²) in [7, 11) is 0. The number of pyridine rings is 1. The fraction of sp³-hybridized carbons (Fsp3) is 0.280. The molecule has 4 rings (SSSR count). The first-order chi connectivity index (χ1) is 15.9. The predicted octanol–water partition coefficient (Wildman–Crippen LogP) is 5.67. The third-order valence-corrected chi connectivity index (χ3v) is 6.14. The summed E-state index contributed by atoms with van der Waals surface area (Å²) < 4.78 is 32.6. The van der Waals surface area contributed by atoms with Crippen molar-refractivity contribution in [3.05, 3.63) is 89.7 Å². The smallest absolute Gasteiger partial charge is 0.336 e. The van der Waals surface area contributed by atoms with E-state index in [2.05, 4.69) is 53.4 Å². The highest BCUT2D eigenvalue weighted by atomic mass is 19.3. The van der Waals surface area contributed by atoms with Crippen molar-refractivity contribution >= 4 is 0 Å². The minimum Gasteiger partial charge on any atom is -0.487 e. The van der Waals surface area contributed by atoms with E-state index in [9.17, 15) is 8.78 Å². The highest BCUT2D eigenvalue weighted by molar-refractivity contribution is 5.56. The van der Waals surface area contributed by atoms with E-state index in [1.165, 1.54) is 0 Å². The van der Waals surface area contributed by atoms with Gasteiger partial charge in [-0.25, -0.2) is 0 Å². The summed E-state index contributed by atoms with van der Waals surface area (Å²) in [6, 6.07) is 21.3. The van der Waals surface area contributed by atoms with Gasteiger partial charge in [0.05, 0.1) is 5.69 Å². The SMILES string of the molecule is CC(C)C(C)(c1ccc(OCc2ccccn2)cc1)c1ccc(-c2nnnn2C(F)F)cc1. The number of benzene rings is 2. The van der Waals surface area contributed by atoms with Gasteiger partial charge in [0.25, 0.3) is 0 Å². The summed E-state index contributed by atoms with van der Waals surface area (Å²) in [5.74, 6) is 1.08. The van der Waals surface area contributed by atoms with Crippen LogP contribution < -0.4 is 4.74 Å². The van der Waals surface area contributed by atoms with E-state index in [0.717, 1.165) is 22.6 Å². The zero-order valence-corrected chi connectivity index (χ0v) is 18.7. The summed E-state index contributed by atoms with van der Waals surface area (Å²) >= 11 is 0. The molecular formula is C25H25F2N5O. The number of ether oxygens (including phenoxy) is 1. The summed E-state index contributed by atoms with van der Waals surface area (Å²) in [5, 5.41) is 10.5. The lowest BCUT2D eigenvalue weighted by Gasteiger charge is -2.35. The normalized spacial score (nSPS) is 13.3. The number of alkyl halides is 2. The van der Waals surface area contributed by atoms with Gasteiger partial charge in [-0.05, 0) is 51.7 Å². The van der Waals surface area contributed by atoms with Crippen molar-refractivity contribution in [1.29, 1.82) is 0 Å². The monoisotopic (exact) mass is 449 g/mol. The molecule has 0 fully saturated rings. The zero-order valence-electron chi connectivity index (χ0n) is 18.7. The Hall–Kier alpha value is -3.68. The maximum absolute atomic E-state index is 13.1. The molecule has 6 nitrogen and oxygen atoms in total. The van der Waals surface area contributed by atoms with Crippen molar-refractivity contribution in [2.75, 3.05) is 0 Å². The Kier molecular flexibility index (Phi) is 6.44. The topological polar surface area (TPSA) is 65.7 Å². The molecule has 8 heteroatoms. The molecule has 0 aliphatic heterocycles. The zero-order chi connectivity index (χ0) is 23.4. The van der Waals surface area contributed by atoms with Crippen LogP contribution in [-0.2, 0) is 12.0 Å². The Bertz CT molecular complexity index is 1180.